The highest BCUT2D eigenvalue weighted by Gasteiger charge is 2.34. The Labute approximate surface area is 159 Å². The van der Waals surface area contributed by atoms with Crippen molar-refractivity contribution in [3.63, 3.8) is 0 Å². The summed E-state index contributed by atoms with van der Waals surface area (Å²) in [6.45, 7) is 1.93. The van der Waals surface area contributed by atoms with Crippen LogP contribution in [0.2, 0.25) is 0 Å². The van der Waals surface area contributed by atoms with Gasteiger partial charge in [0.15, 0.2) is 0 Å². The zero-order valence-electron chi connectivity index (χ0n) is 15.2. The Morgan fingerprint density at radius 1 is 1.04 bits per heavy atom. The number of rotatable bonds is 6. The molecule has 0 fully saturated rings. The second-order valence-electron chi connectivity index (χ2n) is 5.90. The van der Waals surface area contributed by atoms with Gasteiger partial charge in [-0.3, -0.25) is 9.59 Å². The second kappa shape index (κ2) is 9.23. The van der Waals surface area contributed by atoms with E-state index in [1.165, 1.54) is 49.6 Å². The molecule has 0 saturated heterocycles. The average molecular weight is 396 g/mol. The van der Waals surface area contributed by atoms with Gasteiger partial charge in [0.05, 0.1) is 12.2 Å². The minimum Gasteiger partial charge on any atom is -0.457 e. The molecule has 0 radical (unpaired) electrons. The molecule has 6 nitrogen and oxygen atoms in total. The Kier molecular flexibility index (Phi) is 7.00. The molecule has 0 bridgehead atoms. The number of amides is 2. The lowest BCUT2D eigenvalue weighted by Gasteiger charge is -2.14. The van der Waals surface area contributed by atoms with Gasteiger partial charge in [-0.25, -0.2) is 0 Å². The summed E-state index contributed by atoms with van der Waals surface area (Å²) in [6.07, 6.45) is -4.54. The Bertz CT molecular complexity index is 823. The number of hydrogen-bond acceptors (Lipinski definition) is 4. The molecule has 2 rings (SSSR count). The Hall–Kier alpha value is -3.07. The second-order valence-corrected chi connectivity index (χ2v) is 5.90. The van der Waals surface area contributed by atoms with Gasteiger partial charge in [0.2, 0.25) is 0 Å². The van der Waals surface area contributed by atoms with Crippen molar-refractivity contribution in [2.24, 2.45) is 0 Å². The Balaban J connectivity index is 2.01. The first kappa shape index (κ1) is 21.2. The summed E-state index contributed by atoms with van der Waals surface area (Å²) in [5.74, 6) is -1.89. The van der Waals surface area contributed by atoms with Gasteiger partial charge in [0.1, 0.15) is 11.5 Å². The lowest BCUT2D eigenvalue weighted by molar-refractivity contribution is -0.138. The lowest BCUT2D eigenvalue weighted by atomic mass is 10.2. The maximum Gasteiger partial charge on any atom is 0.419 e. The van der Waals surface area contributed by atoms with Crippen LogP contribution in [0, 0.1) is 0 Å². The highest BCUT2D eigenvalue weighted by atomic mass is 19.4. The minimum atomic E-state index is -4.54. The van der Waals surface area contributed by atoms with Crippen LogP contribution in [0.1, 0.15) is 12.5 Å². The predicted octanol–water partition coefficient (Wildman–Crippen LogP) is 3.59. The molecule has 2 N–H and O–H groups in total. The molecule has 0 heterocycles. The summed E-state index contributed by atoms with van der Waals surface area (Å²) < 4.78 is 49.2. The molecule has 28 heavy (non-hydrogen) atoms. The predicted molar refractivity (Wildman–Crippen MR) is 96.1 cm³/mol. The first-order valence-corrected chi connectivity index (χ1v) is 8.25. The third kappa shape index (κ3) is 5.98. The van der Waals surface area contributed by atoms with Gasteiger partial charge < -0.3 is 20.1 Å². The van der Waals surface area contributed by atoms with Gasteiger partial charge >= 0.3 is 18.0 Å². The molecular weight excluding hydrogens is 377 g/mol. The molecule has 2 amide bonds. The van der Waals surface area contributed by atoms with Gasteiger partial charge in [0.25, 0.3) is 0 Å². The summed E-state index contributed by atoms with van der Waals surface area (Å²) in [7, 11) is 1.47. The van der Waals surface area contributed by atoms with E-state index < -0.39 is 23.6 Å². The summed E-state index contributed by atoms with van der Waals surface area (Å²) in [5.41, 5.74) is -0.606. The van der Waals surface area contributed by atoms with Gasteiger partial charge in [-0.05, 0) is 43.3 Å². The molecule has 0 aliphatic rings. The highest BCUT2D eigenvalue weighted by molar-refractivity contribution is 6.39. The average Bonchev–Trinajstić information content (AvgIpc) is 2.63. The molecule has 2 aromatic rings. The van der Waals surface area contributed by atoms with Gasteiger partial charge in [-0.15, -0.1) is 0 Å². The molecule has 0 spiro atoms. The normalized spacial score (nSPS) is 12.2. The van der Waals surface area contributed by atoms with Crippen molar-refractivity contribution in [3.8, 4) is 11.5 Å². The van der Waals surface area contributed by atoms with E-state index in [0.717, 1.165) is 6.07 Å². The number of methoxy groups -OCH3 is 1. The molecular formula is C19H19F3N2O4. The smallest absolute Gasteiger partial charge is 0.419 e. The first-order chi connectivity index (χ1) is 13.2. The van der Waals surface area contributed by atoms with Crippen molar-refractivity contribution in [1.29, 1.82) is 0 Å². The monoisotopic (exact) mass is 396 g/mol. The van der Waals surface area contributed by atoms with E-state index in [1.807, 2.05) is 0 Å². The van der Waals surface area contributed by atoms with Gasteiger partial charge in [-0.2, -0.15) is 13.2 Å². The largest absolute Gasteiger partial charge is 0.457 e. The number of hydrogen-bond donors (Lipinski definition) is 2. The zero-order valence-corrected chi connectivity index (χ0v) is 15.2. The third-order valence-electron chi connectivity index (χ3n) is 3.53. The quantitative estimate of drug-likeness (QED) is 0.732. The number of para-hydroxylation sites is 1. The Morgan fingerprint density at radius 3 is 2.29 bits per heavy atom. The molecule has 1 atom stereocenters. The number of anilines is 1. The summed E-state index contributed by atoms with van der Waals surface area (Å²) >= 11 is 0. The van der Waals surface area contributed by atoms with Crippen molar-refractivity contribution in [2.45, 2.75) is 19.1 Å². The van der Waals surface area contributed by atoms with Crippen LogP contribution in [0.25, 0.3) is 0 Å². The van der Waals surface area contributed by atoms with E-state index in [-0.39, 0.29) is 29.8 Å². The highest BCUT2D eigenvalue weighted by Crippen LogP contribution is 2.37. The molecule has 150 valence electrons. The summed E-state index contributed by atoms with van der Waals surface area (Å²) in [6, 6.07) is 10.1. The van der Waals surface area contributed by atoms with Crippen LogP contribution >= 0.6 is 0 Å². The van der Waals surface area contributed by atoms with Crippen molar-refractivity contribution in [3.05, 3.63) is 54.1 Å². The van der Waals surface area contributed by atoms with Crippen LogP contribution in [0.5, 0.6) is 11.5 Å². The number of nitrogens with one attached hydrogen (secondary N) is 2. The van der Waals surface area contributed by atoms with Crippen LogP contribution in [0.15, 0.2) is 48.5 Å². The Morgan fingerprint density at radius 2 is 1.68 bits per heavy atom. The molecule has 2 aromatic carbocycles. The zero-order chi connectivity index (χ0) is 20.7. The van der Waals surface area contributed by atoms with Crippen LogP contribution in [0.4, 0.5) is 18.9 Å². The maximum absolute atomic E-state index is 13.0. The third-order valence-corrected chi connectivity index (χ3v) is 3.53. The number of carbonyl (C=O) groups excluding carboxylic acids is 2. The van der Waals surface area contributed by atoms with Gasteiger partial charge in [-0.1, -0.05) is 12.1 Å². The fourth-order valence-electron chi connectivity index (χ4n) is 2.29. The number of ether oxygens (including phenoxy) is 2. The summed E-state index contributed by atoms with van der Waals surface area (Å²) in [4.78, 5) is 23.6. The molecule has 0 saturated carbocycles. The van der Waals surface area contributed by atoms with Crippen LogP contribution in [-0.2, 0) is 20.5 Å². The molecule has 0 aromatic heterocycles. The van der Waals surface area contributed by atoms with E-state index >= 15 is 0 Å². The van der Waals surface area contributed by atoms with Crippen molar-refractivity contribution in [2.75, 3.05) is 19.0 Å². The molecule has 0 aliphatic carbocycles. The number of carbonyl (C=O) groups is 2. The fourth-order valence-corrected chi connectivity index (χ4v) is 2.29. The van der Waals surface area contributed by atoms with Gasteiger partial charge in [0, 0.05) is 18.8 Å². The number of benzene rings is 2. The van der Waals surface area contributed by atoms with Crippen molar-refractivity contribution in [1.82, 2.24) is 5.32 Å². The maximum atomic E-state index is 13.0. The SMILES string of the molecule is COCC(C)NC(=O)C(=O)Nc1ccc(Oc2ccccc2C(F)(F)F)cc1. The topological polar surface area (TPSA) is 76.7 Å². The minimum absolute atomic E-state index is 0.146. The molecule has 0 aliphatic heterocycles. The van der Waals surface area contributed by atoms with Crippen LogP contribution in [0.3, 0.4) is 0 Å². The standard InChI is InChI=1S/C19H19F3N2O4/c1-12(11-27-2)23-17(25)18(26)24-13-7-9-14(10-8-13)28-16-6-4-3-5-15(16)19(20,21)22/h3-10,12H,11H2,1-2H3,(H,23,25)(H,24,26). The van der Waals surface area contributed by atoms with Crippen LogP contribution in [-0.4, -0.2) is 31.6 Å². The van der Waals surface area contributed by atoms with Crippen LogP contribution < -0.4 is 15.4 Å². The molecule has 9 heteroatoms. The number of alkyl halides is 3. The first-order valence-electron chi connectivity index (χ1n) is 8.25. The van der Waals surface area contributed by atoms with E-state index in [2.05, 4.69) is 10.6 Å². The van der Waals surface area contributed by atoms with E-state index in [0.29, 0.717) is 0 Å². The lowest BCUT2D eigenvalue weighted by Crippen LogP contribution is -2.42. The summed E-state index contributed by atoms with van der Waals surface area (Å²) in [5, 5.41) is 4.85. The number of halogens is 3. The van der Waals surface area contributed by atoms with E-state index in [1.54, 1.807) is 6.92 Å². The fraction of sp³-hybridized carbons (Fsp3) is 0.263. The van der Waals surface area contributed by atoms with E-state index in [9.17, 15) is 22.8 Å². The van der Waals surface area contributed by atoms with Crippen molar-refractivity contribution >= 4 is 17.5 Å². The van der Waals surface area contributed by atoms with Crippen molar-refractivity contribution < 1.29 is 32.2 Å². The molecule has 1 unspecified atom stereocenters. The van der Waals surface area contributed by atoms with E-state index in [4.69, 9.17) is 9.47 Å².